The molecule has 1 aliphatic heterocycles. The summed E-state index contributed by atoms with van der Waals surface area (Å²) in [6.07, 6.45) is -9.69. The van der Waals surface area contributed by atoms with Crippen LogP contribution in [0.3, 0.4) is 0 Å². The molecule has 1 rings (SSSR count). The van der Waals surface area contributed by atoms with Crippen LogP contribution in [0.4, 0.5) is 57.1 Å². The zero-order chi connectivity index (χ0) is 25.8. The standard InChI is InChI=1S/C15H17F13N3S/c1-7(2)31-9(3,4)29-8(30-31)32-6-5-10(16,17)11(18,19)12(20,21)13(22,23)14(24,25)15(26,27)28/h5-6H2,1-4H3,(H,29,30)/q+1. The van der Waals surface area contributed by atoms with Crippen molar-refractivity contribution in [1.29, 1.82) is 0 Å². The summed E-state index contributed by atoms with van der Waals surface area (Å²) < 4.78 is 171. The van der Waals surface area contributed by atoms with Crippen molar-refractivity contribution < 1.29 is 61.8 Å². The largest absolute Gasteiger partial charge is 0.460 e. The van der Waals surface area contributed by atoms with E-state index in [2.05, 4.69) is 10.4 Å². The van der Waals surface area contributed by atoms with Gasteiger partial charge in [0.25, 0.3) is 5.66 Å². The first-order chi connectivity index (χ1) is 13.9. The van der Waals surface area contributed by atoms with Crippen LogP contribution in [0.2, 0.25) is 0 Å². The topological polar surface area (TPSA) is 27.4 Å². The maximum atomic E-state index is 13.8. The van der Waals surface area contributed by atoms with Gasteiger partial charge in [0.1, 0.15) is 0 Å². The summed E-state index contributed by atoms with van der Waals surface area (Å²) in [4.78, 5) is 4.00. The molecular weight excluding hydrogens is 501 g/mol. The Bertz CT molecular complexity index is 780. The van der Waals surface area contributed by atoms with Crippen LogP contribution in [0.1, 0.15) is 34.1 Å². The molecule has 0 aromatic carbocycles. The number of hydrazine groups is 1. The first-order valence-corrected chi connectivity index (χ1v) is 9.41. The third-order valence-electron chi connectivity index (χ3n) is 4.23. The minimum Gasteiger partial charge on any atom is -0.200 e. The molecule has 3 nitrogen and oxygen atoms in total. The van der Waals surface area contributed by atoms with Crippen molar-refractivity contribution in [1.82, 2.24) is 5.43 Å². The summed E-state index contributed by atoms with van der Waals surface area (Å²) in [6.45, 7) is 6.33. The van der Waals surface area contributed by atoms with Gasteiger partial charge >= 0.3 is 35.8 Å². The van der Waals surface area contributed by atoms with E-state index in [0.29, 0.717) is 5.71 Å². The number of hydrogen-bond donors (Lipinski definition) is 1. The van der Waals surface area contributed by atoms with E-state index in [0.717, 1.165) is 0 Å². The van der Waals surface area contributed by atoms with Gasteiger partial charge in [0.15, 0.2) is 5.71 Å². The van der Waals surface area contributed by atoms with Gasteiger partial charge in [-0.25, -0.2) is 0 Å². The molecule has 0 radical (unpaired) electrons. The lowest BCUT2D eigenvalue weighted by Gasteiger charge is -2.39. The highest BCUT2D eigenvalue weighted by molar-refractivity contribution is 8.13. The number of thioether (sulfide) groups is 1. The molecule has 32 heavy (non-hydrogen) atoms. The Labute approximate surface area is 177 Å². The fraction of sp³-hybridized carbons (Fsp3) is 0.867. The normalized spacial score (nSPS) is 18.5. The number of rotatable bonds is 7. The molecule has 0 saturated heterocycles. The molecule has 0 atom stereocenters. The average molecular weight is 518 g/mol. The Morgan fingerprint density at radius 2 is 1.25 bits per heavy atom. The van der Waals surface area contributed by atoms with E-state index in [1.807, 2.05) is 0 Å². The van der Waals surface area contributed by atoms with Gasteiger partial charge in [0.2, 0.25) is 5.17 Å². The molecule has 0 aromatic rings. The number of amidine groups is 1. The van der Waals surface area contributed by atoms with Crippen LogP contribution in [-0.2, 0) is 0 Å². The average Bonchev–Trinajstić information content (AvgIpc) is 2.87. The predicted octanol–water partition coefficient (Wildman–Crippen LogP) is 5.95. The Morgan fingerprint density at radius 3 is 1.62 bits per heavy atom. The summed E-state index contributed by atoms with van der Waals surface area (Å²) in [6, 6.07) is 0. The van der Waals surface area contributed by atoms with Gasteiger partial charge in [-0.2, -0.15) is 62.1 Å². The second kappa shape index (κ2) is 8.11. The Hall–Kier alpha value is -1.42. The summed E-state index contributed by atoms with van der Waals surface area (Å²) >= 11 is 0.288. The lowest BCUT2D eigenvalue weighted by Crippen LogP contribution is -2.70. The maximum Gasteiger partial charge on any atom is 0.460 e. The quantitative estimate of drug-likeness (QED) is 0.333. The van der Waals surface area contributed by atoms with Gasteiger partial charge in [-0.3, -0.25) is 0 Å². The molecule has 0 aliphatic carbocycles. The zero-order valence-corrected chi connectivity index (χ0v) is 17.4. The van der Waals surface area contributed by atoms with Crippen molar-refractivity contribution in [3.8, 4) is 0 Å². The first-order valence-electron chi connectivity index (χ1n) is 8.42. The number of hydrogen-bond acceptors (Lipinski definition) is 3. The molecular formula is C15H17F13N3S+. The second-order valence-electron chi connectivity index (χ2n) is 7.40. The predicted molar refractivity (Wildman–Crippen MR) is 89.1 cm³/mol. The van der Waals surface area contributed by atoms with E-state index in [4.69, 9.17) is 0 Å². The third kappa shape index (κ3) is 4.49. The van der Waals surface area contributed by atoms with E-state index in [1.165, 1.54) is 4.68 Å². The van der Waals surface area contributed by atoms with Crippen LogP contribution in [0, 0.1) is 0 Å². The van der Waals surface area contributed by atoms with E-state index in [1.54, 1.807) is 27.7 Å². The minimum absolute atomic E-state index is 0.143. The number of halogens is 13. The number of nitrogens with zero attached hydrogens (tertiary/aromatic N) is 2. The van der Waals surface area contributed by atoms with Gasteiger partial charge in [0, 0.05) is 39.9 Å². The Kier molecular flexibility index (Phi) is 7.25. The highest BCUT2D eigenvalue weighted by Gasteiger charge is 2.90. The first kappa shape index (κ1) is 28.6. The molecule has 0 spiro atoms. The highest BCUT2D eigenvalue weighted by atomic mass is 32.2. The number of nitrogens with one attached hydrogen (secondary N) is 1. The molecule has 1 aliphatic rings. The van der Waals surface area contributed by atoms with Gasteiger partial charge in [-0.05, 0) is 0 Å². The third-order valence-corrected chi connectivity index (χ3v) is 5.09. The van der Waals surface area contributed by atoms with Gasteiger partial charge < -0.3 is 0 Å². The van der Waals surface area contributed by atoms with Crippen molar-refractivity contribution in [3.05, 3.63) is 0 Å². The van der Waals surface area contributed by atoms with Crippen LogP contribution in [0.15, 0.2) is 4.99 Å². The number of alkyl halides is 13. The molecule has 1 heterocycles. The minimum atomic E-state index is -7.88. The highest BCUT2D eigenvalue weighted by Crippen LogP contribution is 2.60. The van der Waals surface area contributed by atoms with Gasteiger partial charge in [-0.1, -0.05) is 16.4 Å². The van der Waals surface area contributed by atoms with Crippen molar-refractivity contribution in [2.24, 2.45) is 4.99 Å². The summed E-state index contributed by atoms with van der Waals surface area (Å²) in [5.41, 5.74) is 2.24. The summed E-state index contributed by atoms with van der Waals surface area (Å²) in [7, 11) is 0. The Morgan fingerprint density at radius 1 is 0.812 bits per heavy atom. The van der Waals surface area contributed by atoms with Gasteiger partial charge in [0.05, 0.1) is 0 Å². The van der Waals surface area contributed by atoms with Crippen LogP contribution >= 0.6 is 11.8 Å². The molecule has 0 bridgehead atoms. The van der Waals surface area contributed by atoms with Crippen molar-refractivity contribution in [2.75, 3.05) is 5.75 Å². The molecule has 0 aromatic heterocycles. The molecule has 0 unspecified atom stereocenters. The van der Waals surface area contributed by atoms with Crippen LogP contribution in [0.25, 0.3) is 0 Å². The summed E-state index contributed by atoms with van der Waals surface area (Å²) in [5, 5.41) is -0.143. The molecule has 17 heteroatoms. The molecule has 0 saturated carbocycles. The smallest absolute Gasteiger partial charge is 0.200 e. The monoisotopic (exact) mass is 518 g/mol. The van der Waals surface area contributed by atoms with E-state index in [-0.39, 0.29) is 16.9 Å². The van der Waals surface area contributed by atoms with Crippen LogP contribution < -0.4 is 5.43 Å². The van der Waals surface area contributed by atoms with E-state index >= 15 is 0 Å². The molecule has 0 amide bonds. The summed E-state index contributed by atoms with van der Waals surface area (Å²) in [5.74, 6) is -37.9. The lowest BCUT2D eigenvalue weighted by molar-refractivity contribution is -0.627. The number of hydrazone groups is 1. The SMILES string of the molecule is CC(C)=[N+]1NC(SCCC(F)(F)C(F)(F)C(F)(F)C(F)(F)C(F)(F)C(F)(F)F)=NC1(C)C. The van der Waals surface area contributed by atoms with Crippen molar-refractivity contribution >= 4 is 22.6 Å². The lowest BCUT2D eigenvalue weighted by atomic mass is 9.93. The maximum absolute atomic E-state index is 13.8. The van der Waals surface area contributed by atoms with Crippen molar-refractivity contribution in [2.45, 2.75) is 75.6 Å². The Balaban J connectivity index is 3.09. The van der Waals surface area contributed by atoms with Crippen molar-refractivity contribution in [3.63, 3.8) is 0 Å². The number of aliphatic imine (C=N–C) groups is 1. The van der Waals surface area contributed by atoms with Crippen LogP contribution in [0.5, 0.6) is 0 Å². The zero-order valence-electron chi connectivity index (χ0n) is 16.6. The fourth-order valence-electron chi connectivity index (χ4n) is 2.51. The fourth-order valence-corrected chi connectivity index (χ4v) is 3.51. The molecule has 1 N–H and O–H groups in total. The molecule has 188 valence electrons. The molecule has 0 fully saturated rings. The van der Waals surface area contributed by atoms with E-state index < -0.39 is 53.6 Å². The van der Waals surface area contributed by atoms with E-state index in [9.17, 15) is 57.1 Å². The van der Waals surface area contributed by atoms with Crippen LogP contribution in [-0.4, -0.2) is 62.8 Å². The second-order valence-corrected chi connectivity index (χ2v) is 8.49. The van der Waals surface area contributed by atoms with Gasteiger partial charge in [-0.15, -0.1) is 5.43 Å².